The van der Waals surface area contributed by atoms with Crippen LogP contribution in [0, 0.1) is 0 Å². The molecule has 0 atom stereocenters. The van der Waals surface area contributed by atoms with Crippen molar-refractivity contribution >= 4 is 18.1 Å². The topological polar surface area (TPSA) is 107 Å². The Morgan fingerprint density at radius 2 is 2.11 bits per heavy atom. The highest BCUT2D eigenvalue weighted by molar-refractivity contribution is 5.99. The number of hydrogen-bond donors (Lipinski definition) is 3. The molecule has 2 rings (SSSR count). The van der Waals surface area contributed by atoms with Gasteiger partial charge in [-0.2, -0.15) is 10.2 Å². The van der Waals surface area contributed by atoms with Crippen molar-refractivity contribution in [3.8, 4) is 0 Å². The average molecular weight is 258 g/mol. The zero-order valence-corrected chi connectivity index (χ0v) is 9.70. The van der Waals surface area contributed by atoms with Crippen LogP contribution in [0.1, 0.15) is 26.4 Å². The van der Waals surface area contributed by atoms with Gasteiger partial charge < -0.3 is 5.11 Å². The molecule has 19 heavy (non-hydrogen) atoms. The molecule has 0 aliphatic rings. The van der Waals surface area contributed by atoms with Crippen molar-refractivity contribution in [1.82, 2.24) is 15.6 Å². The number of carbonyl (C=O) groups excluding carboxylic acids is 1. The van der Waals surface area contributed by atoms with Crippen molar-refractivity contribution in [3.05, 3.63) is 53.3 Å². The SMILES string of the molecule is O=C(N/N=C/c1ccccc1C(=O)O)c1ccn[nH]1. The van der Waals surface area contributed by atoms with E-state index in [9.17, 15) is 9.59 Å². The normalized spacial score (nSPS) is 10.5. The Morgan fingerprint density at radius 1 is 1.32 bits per heavy atom. The first-order chi connectivity index (χ1) is 9.18. The van der Waals surface area contributed by atoms with Crippen molar-refractivity contribution in [2.45, 2.75) is 0 Å². The summed E-state index contributed by atoms with van der Waals surface area (Å²) in [5, 5.41) is 18.8. The van der Waals surface area contributed by atoms with Gasteiger partial charge in [0.2, 0.25) is 0 Å². The Bertz CT molecular complexity index is 620. The lowest BCUT2D eigenvalue weighted by Crippen LogP contribution is -2.18. The Morgan fingerprint density at radius 3 is 2.79 bits per heavy atom. The summed E-state index contributed by atoms with van der Waals surface area (Å²) in [6.07, 6.45) is 2.72. The van der Waals surface area contributed by atoms with E-state index in [-0.39, 0.29) is 11.3 Å². The molecule has 0 radical (unpaired) electrons. The molecule has 0 fully saturated rings. The second-order valence-electron chi connectivity index (χ2n) is 3.56. The molecule has 1 aromatic carbocycles. The smallest absolute Gasteiger partial charge is 0.336 e. The monoisotopic (exact) mass is 258 g/mol. The molecule has 0 saturated carbocycles. The summed E-state index contributed by atoms with van der Waals surface area (Å²) in [4.78, 5) is 22.4. The predicted molar refractivity (Wildman–Crippen MR) is 67.0 cm³/mol. The molecule has 0 spiro atoms. The van der Waals surface area contributed by atoms with Crippen LogP contribution in [0.2, 0.25) is 0 Å². The lowest BCUT2D eigenvalue weighted by atomic mass is 10.1. The second-order valence-corrected chi connectivity index (χ2v) is 3.56. The van der Waals surface area contributed by atoms with Gasteiger partial charge in [-0.3, -0.25) is 9.89 Å². The number of nitrogens with one attached hydrogen (secondary N) is 2. The van der Waals surface area contributed by atoms with Gasteiger partial charge in [0.05, 0.1) is 11.8 Å². The van der Waals surface area contributed by atoms with E-state index >= 15 is 0 Å². The van der Waals surface area contributed by atoms with E-state index in [2.05, 4.69) is 20.7 Å². The molecule has 3 N–H and O–H groups in total. The minimum atomic E-state index is -1.05. The number of benzene rings is 1. The van der Waals surface area contributed by atoms with E-state index in [1.54, 1.807) is 18.2 Å². The van der Waals surface area contributed by atoms with Crippen molar-refractivity contribution in [1.29, 1.82) is 0 Å². The fraction of sp³-hybridized carbons (Fsp3) is 0. The van der Waals surface area contributed by atoms with Gasteiger partial charge in [0.15, 0.2) is 0 Å². The minimum Gasteiger partial charge on any atom is -0.478 e. The van der Waals surface area contributed by atoms with E-state index in [0.717, 1.165) is 0 Å². The van der Waals surface area contributed by atoms with Crippen molar-refractivity contribution in [3.63, 3.8) is 0 Å². The van der Waals surface area contributed by atoms with Gasteiger partial charge in [-0.1, -0.05) is 18.2 Å². The fourth-order valence-electron chi connectivity index (χ4n) is 1.41. The van der Waals surface area contributed by atoms with Crippen molar-refractivity contribution < 1.29 is 14.7 Å². The molecular formula is C12H10N4O3. The van der Waals surface area contributed by atoms with E-state index in [4.69, 9.17) is 5.11 Å². The van der Waals surface area contributed by atoms with E-state index in [1.165, 1.54) is 24.5 Å². The molecule has 0 saturated heterocycles. The van der Waals surface area contributed by atoms with Crippen LogP contribution in [0.5, 0.6) is 0 Å². The van der Waals surface area contributed by atoms with E-state index in [1.807, 2.05) is 0 Å². The molecule has 0 unspecified atom stereocenters. The van der Waals surface area contributed by atoms with Gasteiger partial charge in [-0.05, 0) is 12.1 Å². The van der Waals surface area contributed by atoms with Crippen molar-refractivity contribution in [2.24, 2.45) is 5.10 Å². The van der Waals surface area contributed by atoms with Gasteiger partial charge in [-0.25, -0.2) is 10.2 Å². The third-order valence-corrected chi connectivity index (χ3v) is 2.31. The number of amides is 1. The van der Waals surface area contributed by atoms with Crippen LogP contribution in [0.25, 0.3) is 0 Å². The van der Waals surface area contributed by atoms with Crippen LogP contribution in [-0.4, -0.2) is 33.4 Å². The zero-order chi connectivity index (χ0) is 13.7. The molecule has 0 bridgehead atoms. The molecule has 7 heteroatoms. The summed E-state index contributed by atoms with van der Waals surface area (Å²) in [5.41, 5.74) is 3.05. The molecule has 0 aliphatic heterocycles. The highest BCUT2D eigenvalue weighted by Gasteiger charge is 2.07. The summed E-state index contributed by atoms with van der Waals surface area (Å²) >= 11 is 0. The van der Waals surface area contributed by atoms with E-state index < -0.39 is 11.9 Å². The Balaban J connectivity index is 2.07. The summed E-state index contributed by atoms with van der Waals surface area (Å²) in [7, 11) is 0. The first-order valence-electron chi connectivity index (χ1n) is 5.33. The number of carboxylic acid groups (broad SMARTS) is 1. The third-order valence-electron chi connectivity index (χ3n) is 2.31. The van der Waals surface area contributed by atoms with Crippen LogP contribution in [0.4, 0.5) is 0 Å². The highest BCUT2D eigenvalue weighted by Crippen LogP contribution is 2.05. The summed E-state index contributed by atoms with van der Waals surface area (Å²) in [6.45, 7) is 0. The number of carboxylic acids is 1. The largest absolute Gasteiger partial charge is 0.478 e. The summed E-state index contributed by atoms with van der Waals surface area (Å²) in [5.74, 6) is -1.51. The lowest BCUT2D eigenvalue weighted by molar-refractivity contribution is 0.0696. The maximum atomic E-state index is 11.5. The first-order valence-corrected chi connectivity index (χ1v) is 5.33. The number of aromatic nitrogens is 2. The maximum Gasteiger partial charge on any atom is 0.336 e. The number of aromatic carboxylic acids is 1. The van der Waals surface area contributed by atoms with Crippen LogP contribution >= 0.6 is 0 Å². The fourth-order valence-corrected chi connectivity index (χ4v) is 1.41. The van der Waals surface area contributed by atoms with Crippen molar-refractivity contribution in [2.75, 3.05) is 0 Å². The molecule has 1 heterocycles. The number of rotatable bonds is 4. The average Bonchev–Trinajstić information content (AvgIpc) is 2.93. The number of aromatic amines is 1. The maximum absolute atomic E-state index is 11.5. The Labute approximate surface area is 108 Å². The molecule has 96 valence electrons. The molecule has 0 aliphatic carbocycles. The Hall–Kier alpha value is -2.96. The van der Waals surface area contributed by atoms with Gasteiger partial charge in [0.1, 0.15) is 5.69 Å². The lowest BCUT2D eigenvalue weighted by Gasteiger charge is -1.99. The summed E-state index contributed by atoms with van der Waals surface area (Å²) < 4.78 is 0. The van der Waals surface area contributed by atoms with Gasteiger partial charge in [0.25, 0.3) is 5.91 Å². The van der Waals surface area contributed by atoms with Gasteiger partial charge >= 0.3 is 5.97 Å². The number of carbonyl (C=O) groups is 2. The van der Waals surface area contributed by atoms with Crippen LogP contribution < -0.4 is 5.43 Å². The van der Waals surface area contributed by atoms with Crippen LogP contribution in [0.15, 0.2) is 41.6 Å². The van der Waals surface area contributed by atoms with Crippen LogP contribution in [-0.2, 0) is 0 Å². The molecule has 1 amide bonds. The molecule has 2 aromatic rings. The molecule has 1 aromatic heterocycles. The Kier molecular flexibility index (Phi) is 3.67. The minimum absolute atomic E-state index is 0.113. The van der Waals surface area contributed by atoms with Crippen LogP contribution in [0.3, 0.4) is 0 Å². The second kappa shape index (κ2) is 5.58. The zero-order valence-electron chi connectivity index (χ0n) is 9.70. The third kappa shape index (κ3) is 3.03. The standard InChI is InChI=1S/C12H10N4O3/c17-11(10-5-6-13-15-10)16-14-7-8-3-1-2-4-9(8)12(18)19/h1-7H,(H,13,15)(H,16,17)(H,18,19)/b14-7+. The predicted octanol–water partition coefficient (Wildman–Crippen LogP) is 0.872. The number of hydrogen-bond acceptors (Lipinski definition) is 4. The quantitative estimate of drug-likeness (QED) is 0.558. The number of nitrogens with zero attached hydrogens (tertiary/aromatic N) is 2. The molecular weight excluding hydrogens is 248 g/mol. The molecule has 7 nitrogen and oxygen atoms in total. The highest BCUT2D eigenvalue weighted by atomic mass is 16.4. The summed E-state index contributed by atoms with van der Waals surface area (Å²) in [6, 6.07) is 7.85. The van der Waals surface area contributed by atoms with Gasteiger partial charge in [0, 0.05) is 11.8 Å². The van der Waals surface area contributed by atoms with Gasteiger partial charge in [-0.15, -0.1) is 0 Å². The number of H-pyrrole nitrogens is 1. The number of hydrazone groups is 1. The van der Waals surface area contributed by atoms with E-state index in [0.29, 0.717) is 5.56 Å². The first kappa shape index (κ1) is 12.5.